The highest BCUT2D eigenvalue weighted by molar-refractivity contribution is 6.05. The number of hydrogen-bond donors (Lipinski definition) is 2. The van der Waals surface area contributed by atoms with Gasteiger partial charge in [0.05, 0.1) is 22.1 Å². The second-order valence-corrected chi connectivity index (χ2v) is 5.48. The molecule has 0 bridgehead atoms. The first-order valence-electron chi connectivity index (χ1n) is 7.31. The number of benzene rings is 2. The van der Waals surface area contributed by atoms with Gasteiger partial charge in [-0.2, -0.15) is 0 Å². The highest BCUT2D eigenvalue weighted by atomic mass is 16.1. The molecule has 0 atom stereocenters. The van der Waals surface area contributed by atoms with Gasteiger partial charge in [0.25, 0.3) is 5.91 Å². The number of fused-ring (bicyclic) bond motifs is 2. The summed E-state index contributed by atoms with van der Waals surface area (Å²) < 4.78 is 2.00. The van der Waals surface area contributed by atoms with Crippen LogP contribution in [0, 0.1) is 6.92 Å². The quantitative estimate of drug-likeness (QED) is 0.598. The van der Waals surface area contributed by atoms with Crippen molar-refractivity contribution in [3.63, 3.8) is 0 Å². The van der Waals surface area contributed by atoms with E-state index in [-0.39, 0.29) is 5.91 Å². The largest absolute Gasteiger partial charge is 0.331 e. The maximum atomic E-state index is 12.4. The van der Waals surface area contributed by atoms with Gasteiger partial charge in [0.2, 0.25) is 5.95 Å². The Bertz CT molecular complexity index is 1010. The lowest BCUT2D eigenvalue weighted by Crippen LogP contribution is -2.12. The predicted molar refractivity (Wildman–Crippen MR) is 89.5 cm³/mol. The molecule has 0 aliphatic rings. The van der Waals surface area contributed by atoms with Crippen molar-refractivity contribution < 1.29 is 4.79 Å². The molecule has 2 N–H and O–H groups in total. The van der Waals surface area contributed by atoms with Gasteiger partial charge >= 0.3 is 0 Å². The molecule has 0 unspecified atom stereocenters. The van der Waals surface area contributed by atoms with Crippen LogP contribution >= 0.6 is 0 Å². The Morgan fingerprint density at radius 3 is 2.78 bits per heavy atom. The van der Waals surface area contributed by atoms with E-state index in [0.29, 0.717) is 11.5 Å². The van der Waals surface area contributed by atoms with Crippen LogP contribution in [0.5, 0.6) is 0 Å². The Morgan fingerprint density at radius 1 is 1.13 bits per heavy atom. The fourth-order valence-corrected chi connectivity index (χ4v) is 2.65. The number of para-hydroxylation sites is 2. The number of nitrogens with zero attached hydrogens (tertiary/aromatic N) is 3. The third-order valence-corrected chi connectivity index (χ3v) is 3.99. The molecule has 2 aromatic carbocycles. The number of hydrogen-bond acceptors (Lipinski definition) is 3. The van der Waals surface area contributed by atoms with Crippen LogP contribution in [0.25, 0.3) is 22.1 Å². The van der Waals surface area contributed by atoms with Crippen molar-refractivity contribution in [3.8, 4) is 0 Å². The average molecular weight is 305 g/mol. The number of aromatic nitrogens is 4. The number of rotatable bonds is 2. The topological polar surface area (TPSA) is 75.6 Å². The minimum Gasteiger partial charge on any atom is -0.331 e. The van der Waals surface area contributed by atoms with Crippen molar-refractivity contribution in [1.29, 1.82) is 0 Å². The van der Waals surface area contributed by atoms with E-state index in [0.717, 1.165) is 27.9 Å². The van der Waals surface area contributed by atoms with Crippen LogP contribution in [0.4, 0.5) is 5.95 Å². The number of aryl methyl sites for hydroxylation is 2. The molecule has 1 amide bonds. The predicted octanol–water partition coefficient (Wildman–Crippen LogP) is 3.01. The summed E-state index contributed by atoms with van der Waals surface area (Å²) in [4.78, 5) is 24.3. The van der Waals surface area contributed by atoms with Crippen LogP contribution in [-0.2, 0) is 7.05 Å². The van der Waals surface area contributed by atoms with Gasteiger partial charge in [0.15, 0.2) is 0 Å². The van der Waals surface area contributed by atoms with Crippen molar-refractivity contribution in [1.82, 2.24) is 19.5 Å². The Hall–Kier alpha value is -3.15. The summed E-state index contributed by atoms with van der Waals surface area (Å²) >= 11 is 0. The van der Waals surface area contributed by atoms with E-state index in [9.17, 15) is 4.79 Å². The molecule has 0 saturated heterocycles. The molecule has 2 aromatic heterocycles. The van der Waals surface area contributed by atoms with E-state index in [2.05, 4.69) is 20.3 Å². The summed E-state index contributed by atoms with van der Waals surface area (Å²) in [6.45, 7) is 1.94. The van der Waals surface area contributed by atoms with Crippen LogP contribution in [-0.4, -0.2) is 25.4 Å². The van der Waals surface area contributed by atoms with E-state index in [1.54, 1.807) is 12.1 Å². The summed E-state index contributed by atoms with van der Waals surface area (Å²) in [6.07, 6.45) is 0. The van der Waals surface area contributed by atoms with Crippen molar-refractivity contribution in [3.05, 3.63) is 53.9 Å². The first-order chi connectivity index (χ1) is 11.1. The van der Waals surface area contributed by atoms with Gasteiger partial charge in [0, 0.05) is 12.6 Å². The Balaban J connectivity index is 1.65. The Morgan fingerprint density at radius 2 is 1.96 bits per heavy atom. The van der Waals surface area contributed by atoms with Crippen LogP contribution in [0.15, 0.2) is 42.5 Å². The van der Waals surface area contributed by atoms with Crippen LogP contribution < -0.4 is 5.32 Å². The maximum Gasteiger partial charge on any atom is 0.258 e. The smallest absolute Gasteiger partial charge is 0.258 e. The summed E-state index contributed by atoms with van der Waals surface area (Å²) in [5, 5.41) is 2.79. The van der Waals surface area contributed by atoms with Crippen LogP contribution in [0.1, 0.15) is 16.2 Å². The standard InChI is InChI=1S/C17H15N5O/c1-10-18-14-9-11(7-8-15(14)22(10)2)16(23)21-17-19-12-5-3-4-6-13(12)20-17/h3-9H,1-2H3,(H2,19,20,21,23). The van der Waals surface area contributed by atoms with Crippen molar-refractivity contribution in [2.24, 2.45) is 7.05 Å². The molecule has 6 heteroatoms. The van der Waals surface area contributed by atoms with E-state index in [4.69, 9.17) is 0 Å². The van der Waals surface area contributed by atoms with E-state index >= 15 is 0 Å². The van der Waals surface area contributed by atoms with Crippen molar-refractivity contribution >= 4 is 33.9 Å². The first kappa shape index (κ1) is 13.5. The zero-order chi connectivity index (χ0) is 16.0. The lowest BCUT2D eigenvalue weighted by molar-refractivity contribution is 0.102. The molecule has 4 rings (SSSR count). The third kappa shape index (κ3) is 2.24. The minimum atomic E-state index is -0.214. The molecule has 0 aliphatic carbocycles. The number of nitrogens with one attached hydrogen (secondary N) is 2. The first-order valence-corrected chi connectivity index (χ1v) is 7.31. The van der Waals surface area contributed by atoms with E-state index < -0.39 is 0 Å². The Labute approximate surface area is 132 Å². The molecular formula is C17H15N5O. The summed E-state index contributed by atoms with van der Waals surface area (Å²) in [5.74, 6) is 1.14. The number of amides is 1. The highest BCUT2D eigenvalue weighted by Crippen LogP contribution is 2.18. The fourth-order valence-electron chi connectivity index (χ4n) is 2.65. The average Bonchev–Trinajstić information content (AvgIpc) is 3.07. The summed E-state index contributed by atoms with van der Waals surface area (Å²) in [7, 11) is 1.96. The molecule has 0 fully saturated rings. The van der Waals surface area contributed by atoms with Crippen LogP contribution in [0.2, 0.25) is 0 Å². The number of anilines is 1. The van der Waals surface area contributed by atoms with Gasteiger partial charge < -0.3 is 9.55 Å². The number of imidazole rings is 2. The van der Waals surface area contributed by atoms with E-state index in [1.165, 1.54) is 0 Å². The van der Waals surface area contributed by atoms with Gasteiger partial charge in [0.1, 0.15) is 5.82 Å². The highest BCUT2D eigenvalue weighted by Gasteiger charge is 2.12. The number of carbonyl (C=O) groups excluding carboxylic acids is 1. The van der Waals surface area contributed by atoms with Gasteiger partial charge in [-0.1, -0.05) is 12.1 Å². The van der Waals surface area contributed by atoms with Gasteiger partial charge in [-0.3, -0.25) is 10.1 Å². The molecule has 0 radical (unpaired) electrons. The SMILES string of the molecule is Cc1nc2cc(C(=O)Nc3nc4ccccc4[nH]3)ccc2n1C. The second kappa shape index (κ2) is 4.95. The molecule has 0 aliphatic heterocycles. The van der Waals surface area contributed by atoms with E-state index in [1.807, 2.05) is 48.9 Å². The lowest BCUT2D eigenvalue weighted by Gasteiger charge is -2.02. The Kier molecular flexibility index (Phi) is 2.90. The van der Waals surface area contributed by atoms with Crippen molar-refractivity contribution in [2.45, 2.75) is 6.92 Å². The van der Waals surface area contributed by atoms with Gasteiger partial charge in [-0.25, -0.2) is 9.97 Å². The zero-order valence-electron chi connectivity index (χ0n) is 12.8. The molecule has 23 heavy (non-hydrogen) atoms. The molecule has 0 spiro atoms. The zero-order valence-corrected chi connectivity index (χ0v) is 12.8. The number of aromatic amines is 1. The molecular weight excluding hydrogens is 290 g/mol. The van der Waals surface area contributed by atoms with Crippen molar-refractivity contribution in [2.75, 3.05) is 5.32 Å². The fraction of sp³-hybridized carbons (Fsp3) is 0.118. The summed E-state index contributed by atoms with van der Waals surface area (Å²) in [6, 6.07) is 13.1. The second-order valence-electron chi connectivity index (χ2n) is 5.48. The summed E-state index contributed by atoms with van der Waals surface area (Å²) in [5.41, 5.74) is 4.07. The lowest BCUT2D eigenvalue weighted by atomic mass is 10.2. The molecule has 2 heterocycles. The number of H-pyrrole nitrogens is 1. The molecule has 114 valence electrons. The molecule has 0 saturated carbocycles. The van der Waals surface area contributed by atoms with Gasteiger partial charge in [-0.05, 0) is 37.3 Å². The van der Waals surface area contributed by atoms with Gasteiger partial charge in [-0.15, -0.1) is 0 Å². The number of carbonyl (C=O) groups is 1. The maximum absolute atomic E-state index is 12.4. The third-order valence-electron chi connectivity index (χ3n) is 3.99. The van der Waals surface area contributed by atoms with Crippen LogP contribution in [0.3, 0.4) is 0 Å². The molecule has 4 aromatic rings. The monoisotopic (exact) mass is 305 g/mol. The normalized spacial score (nSPS) is 11.2. The molecule has 6 nitrogen and oxygen atoms in total. The minimum absolute atomic E-state index is 0.214.